The predicted octanol–water partition coefficient (Wildman–Crippen LogP) is 0.672. The molecule has 4 nitrogen and oxygen atoms in total. The lowest BCUT2D eigenvalue weighted by molar-refractivity contribution is -0.130. The first-order valence-corrected chi connectivity index (χ1v) is 6.68. The van der Waals surface area contributed by atoms with Crippen molar-refractivity contribution in [1.29, 1.82) is 0 Å². The SMILES string of the molecule is CCC(CO)(CO)NC(=O)C1CC2CCC1C2. The Bertz CT molecular complexity index is 280. The molecule has 0 radical (unpaired) electrons. The Morgan fingerprint density at radius 1 is 1.29 bits per heavy atom. The Kier molecular flexibility index (Phi) is 3.73. The Labute approximate surface area is 102 Å². The van der Waals surface area contributed by atoms with Gasteiger partial charge in [0.15, 0.2) is 0 Å². The molecule has 2 fully saturated rings. The summed E-state index contributed by atoms with van der Waals surface area (Å²) in [6, 6.07) is 0. The zero-order chi connectivity index (χ0) is 12.5. The van der Waals surface area contributed by atoms with Gasteiger partial charge in [-0.25, -0.2) is 0 Å². The van der Waals surface area contributed by atoms with Crippen LogP contribution in [0.4, 0.5) is 0 Å². The fourth-order valence-corrected chi connectivity index (χ4v) is 3.36. The summed E-state index contributed by atoms with van der Waals surface area (Å²) in [6.07, 6.45) is 5.17. The third-order valence-corrected chi connectivity index (χ3v) is 4.75. The quantitative estimate of drug-likeness (QED) is 0.662. The first-order chi connectivity index (χ1) is 8.14. The van der Waals surface area contributed by atoms with Crippen LogP contribution in [0.15, 0.2) is 0 Å². The Balaban J connectivity index is 1.96. The van der Waals surface area contributed by atoms with Crippen LogP contribution in [0.25, 0.3) is 0 Å². The van der Waals surface area contributed by atoms with Gasteiger partial charge in [-0.2, -0.15) is 0 Å². The summed E-state index contributed by atoms with van der Waals surface area (Å²) in [5, 5.41) is 21.5. The summed E-state index contributed by atoms with van der Waals surface area (Å²) in [4.78, 5) is 12.2. The number of hydrogen-bond acceptors (Lipinski definition) is 3. The van der Waals surface area contributed by atoms with Crippen molar-refractivity contribution >= 4 is 5.91 Å². The van der Waals surface area contributed by atoms with Crippen LogP contribution in [-0.4, -0.2) is 34.9 Å². The van der Waals surface area contributed by atoms with E-state index in [1.165, 1.54) is 19.3 Å². The van der Waals surface area contributed by atoms with Gasteiger partial charge in [-0.15, -0.1) is 0 Å². The normalized spacial score (nSPS) is 31.8. The van der Waals surface area contributed by atoms with Crippen molar-refractivity contribution in [1.82, 2.24) is 5.32 Å². The fourth-order valence-electron chi connectivity index (χ4n) is 3.36. The maximum absolute atomic E-state index is 12.2. The second-order valence-electron chi connectivity index (χ2n) is 5.72. The highest BCUT2D eigenvalue weighted by Gasteiger charge is 2.44. The highest BCUT2D eigenvalue weighted by Crippen LogP contribution is 2.48. The summed E-state index contributed by atoms with van der Waals surface area (Å²) in [6.45, 7) is 1.46. The third-order valence-electron chi connectivity index (χ3n) is 4.75. The molecule has 3 atom stereocenters. The van der Waals surface area contributed by atoms with Crippen molar-refractivity contribution in [2.45, 2.75) is 44.6 Å². The van der Waals surface area contributed by atoms with E-state index in [-0.39, 0.29) is 25.0 Å². The zero-order valence-corrected chi connectivity index (χ0v) is 10.5. The minimum Gasteiger partial charge on any atom is -0.394 e. The minimum absolute atomic E-state index is 0.0298. The largest absolute Gasteiger partial charge is 0.394 e. The number of amides is 1. The molecule has 2 rings (SSSR count). The molecule has 0 aromatic carbocycles. The van der Waals surface area contributed by atoms with Gasteiger partial charge in [0.1, 0.15) is 0 Å². The van der Waals surface area contributed by atoms with E-state index in [4.69, 9.17) is 0 Å². The number of aliphatic hydroxyl groups is 2. The van der Waals surface area contributed by atoms with Gasteiger partial charge < -0.3 is 15.5 Å². The van der Waals surface area contributed by atoms with E-state index in [2.05, 4.69) is 5.32 Å². The first-order valence-electron chi connectivity index (χ1n) is 6.68. The lowest BCUT2D eigenvalue weighted by atomic mass is 9.87. The van der Waals surface area contributed by atoms with Crippen molar-refractivity contribution in [2.24, 2.45) is 17.8 Å². The molecule has 3 N–H and O–H groups in total. The van der Waals surface area contributed by atoms with E-state index in [9.17, 15) is 15.0 Å². The number of rotatable bonds is 5. The van der Waals surface area contributed by atoms with E-state index in [0.29, 0.717) is 12.3 Å². The van der Waals surface area contributed by atoms with E-state index < -0.39 is 5.54 Å². The summed E-state index contributed by atoms with van der Waals surface area (Å²) in [7, 11) is 0. The molecule has 2 aliphatic carbocycles. The average Bonchev–Trinajstić information content (AvgIpc) is 2.98. The molecule has 2 bridgehead atoms. The van der Waals surface area contributed by atoms with E-state index in [1.54, 1.807) is 0 Å². The van der Waals surface area contributed by atoms with Crippen LogP contribution in [0.3, 0.4) is 0 Å². The molecule has 0 spiro atoms. The number of carbonyl (C=O) groups is 1. The standard InChI is InChI=1S/C13H23NO3/c1-2-13(7-15,8-16)14-12(17)11-6-9-3-4-10(11)5-9/h9-11,15-16H,2-8H2,1H3,(H,14,17). The van der Waals surface area contributed by atoms with Gasteiger partial charge in [0.25, 0.3) is 0 Å². The summed E-state index contributed by atoms with van der Waals surface area (Å²) < 4.78 is 0. The molecule has 0 saturated heterocycles. The zero-order valence-electron chi connectivity index (χ0n) is 10.5. The van der Waals surface area contributed by atoms with Crippen LogP contribution in [0.1, 0.15) is 39.0 Å². The molecular weight excluding hydrogens is 218 g/mol. The Morgan fingerprint density at radius 2 is 2.00 bits per heavy atom. The number of nitrogens with one attached hydrogen (secondary N) is 1. The van der Waals surface area contributed by atoms with Gasteiger partial charge in [-0.05, 0) is 37.5 Å². The van der Waals surface area contributed by atoms with Crippen LogP contribution in [0.2, 0.25) is 0 Å². The molecule has 2 saturated carbocycles. The van der Waals surface area contributed by atoms with Gasteiger partial charge in [-0.1, -0.05) is 13.3 Å². The Hall–Kier alpha value is -0.610. The predicted molar refractivity (Wildman–Crippen MR) is 64.3 cm³/mol. The Morgan fingerprint density at radius 3 is 2.41 bits per heavy atom. The number of hydrogen-bond donors (Lipinski definition) is 3. The molecule has 0 aromatic heterocycles. The second kappa shape index (κ2) is 4.94. The van der Waals surface area contributed by atoms with Crippen LogP contribution in [0.5, 0.6) is 0 Å². The summed E-state index contributed by atoms with van der Waals surface area (Å²) in [5.74, 6) is 1.40. The molecule has 4 heteroatoms. The van der Waals surface area contributed by atoms with Gasteiger partial charge >= 0.3 is 0 Å². The summed E-state index contributed by atoms with van der Waals surface area (Å²) >= 11 is 0. The maximum atomic E-state index is 12.2. The highest BCUT2D eigenvalue weighted by molar-refractivity contribution is 5.80. The number of fused-ring (bicyclic) bond motifs is 2. The van der Waals surface area contributed by atoms with Crippen molar-refractivity contribution < 1.29 is 15.0 Å². The monoisotopic (exact) mass is 241 g/mol. The number of carbonyl (C=O) groups excluding carboxylic acids is 1. The minimum atomic E-state index is -0.834. The molecule has 0 aliphatic heterocycles. The molecule has 17 heavy (non-hydrogen) atoms. The van der Waals surface area contributed by atoms with Gasteiger partial charge in [0, 0.05) is 5.92 Å². The molecule has 3 unspecified atom stereocenters. The van der Waals surface area contributed by atoms with Crippen molar-refractivity contribution in [3.8, 4) is 0 Å². The molecule has 1 amide bonds. The van der Waals surface area contributed by atoms with Gasteiger partial charge in [0.05, 0.1) is 18.8 Å². The highest BCUT2D eigenvalue weighted by atomic mass is 16.3. The average molecular weight is 241 g/mol. The molecule has 2 aliphatic rings. The smallest absolute Gasteiger partial charge is 0.223 e. The molecule has 0 aromatic rings. The van der Waals surface area contributed by atoms with Crippen LogP contribution in [0, 0.1) is 17.8 Å². The molecular formula is C13H23NO3. The lowest BCUT2D eigenvalue weighted by Crippen LogP contribution is -2.55. The van der Waals surface area contributed by atoms with E-state index in [1.807, 2.05) is 6.92 Å². The third kappa shape index (κ3) is 2.33. The maximum Gasteiger partial charge on any atom is 0.223 e. The van der Waals surface area contributed by atoms with Gasteiger partial charge in [-0.3, -0.25) is 4.79 Å². The second-order valence-corrected chi connectivity index (χ2v) is 5.72. The summed E-state index contributed by atoms with van der Waals surface area (Å²) in [5.41, 5.74) is -0.834. The topological polar surface area (TPSA) is 69.6 Å². The fraction of sp³-hybridized carbons (Fsp3) is 0.923. The lowest BCUT2D eigenvalue weighted by Gasteiger charge is -2.32. The van der Waals surface area contributed by atoms with Crippen LogP contribution in [-0.2, 0) is 4.79 Å². The first kappa shape index (κ1) is 12.8. The number of aliphatic hydroxyl groups excluding tert-OH is 2. The van der Waals surface area contributed by atoms with E-state index in [0.717, 1.165) is 12.3 Å². The molecule has 0 heterocycles. The van der Waals surface area contributed by atoms with Crippen molar-refractivity contribution in [3.05, 3.63) is 0 Å². The molecule has 98 valence electrons. The van der Waals surface area contributed by atoms with E-state index >= 15 is 0 Å². The van der Waals surface area contributed by atoms with Crippen LogP contribution < -0.4 is 5.32 Å². The van der Waals surface area contributed by atoms with Crippen molar-refractivity contribution in [3.63, 3.8) is 0 Å². The van der Waals surface area contributed by atoms with Crippen molar-refractivity contribution in [2.75, 3.05) is 13.2 Å². The van der Waals surface area contributed by atoms with Gasteiger partial charge in [0.2, 0.25) is 5.91 Å². The van der Waals surface area contributed by atoms with Crippen LogP contribution >= 0.6 is 0 Å².